The van der Waals surface area contributed by atoms with Crippen molar-refractivity contribution in [3.8, 4) is 11.1 Å². The van der Waals surface area contributed by atoms with E-state index in [0.29, 0.717) is 22.2 Å². The maximum atomic E-state index is 15.2. The van der Waals surface area contributed by atoms with Gasteiger partial charge < -0.3 is 10.0 Å². The van der Waals surface area contributed by atoms with Crippen LogP contribution in [0.1, 0.15) is 29.9 Å². The molecule has 0 saturated carbocycles. The third-order valence-electron chi connectivity index (χ3n) is 5.45. The third kappa shape index (κ3) is 3.16. The Morgan fingerprint density at radius 1 is 1.13 bits per heavy atom. The van der Waals surface area contributed by atoms with Gasteiger partial charge in [-0.2, -0.15) is 5.10 Å². The second-order valence-electron chi connectivity index (χ2n) is 7.42. The van der Waals surface area contributed by atoms with E-state index >= 15 is 8.78 Å². The number of hydrogen-bond donors (Lipinski definition) is 1. The average molecular weight is 422 g/mol. The van der Waals surface area contributed by atoms with Crippen molar-refractivity contribution in [1.82, 2.24) is 19.7 Å². The minimum absolute atomic E-state index is 0.0306. The summed E-state index contributed by atoms with van der Waals surface area (Å²) in [6.45, 7) is -2.53. The number of aromatic nitrogens is 3. The average Bonchev–Trinajstić information content (AvgIpc) is 3.29. The molecule has 0 fully saturated rings. The van der Waals surface area contributed by atoms with Crippen molar-refractivity contribution in [3.05, 3.63) is 82.8 Å². The van der Waals surface area contributed by atoms with Crippen molar-refractivity contribution in [2.45, 2.75) is 19.6 Å². The standard InChI is InChI=1S/C23H18F2N4O2/c1-28-10-18-15(5-4-13(12-30)22(18)27-28)17-8-19(24)14(7-20(17)25)9-29-11-21-16(23(29)31)3-2-6-26-21/h2-8,10,30H,9,11-12H2,1H3/i12D2. The Kier molecular flexibility index (Phi) is 3.99. The topological polar surface area (TPSA) is 71.2 Å². The molecule has 0 radical (unpaired) electrons. The number of nitrogens with zero attached hydrogens (tertiary/aromatic N) is 4. The summed E-state index contributed by atoms with van der Waals surface area (Å²) in [5, 5.41) is 14.4. The summed E-state index contributed by atoms with van der Waals surface area (Å²) in [4.78, 5) is 18.1. The number of aliphatic hydroxyl groups is 1. The van der Waals surface area contributed by atoms with Crippen LogP contribution in [0, 0.1) is 11.6 Å². The Morgan fingerprint density at radius 2 is 1.97 bits per heavy atom. The van der Waals surface area contributed by atoms with Gasteiger partial charge in [-0.05, 0) is 29.8 Å². The fraction of sp³-hybridized carbons (Fsp3) is 0.174. The zero-order valence-corrected chi connectivity index (χ0v) is 16.4. The predicted octanol–water partition coefficient (Wildman–Crippen LogP) is 3.56. The van der Waals surface area contributed by atoms with Crippen LogP contribution in [-0.2, 0) is 26.7 Å². The van der Waals surface area contributed by atoms with E-state index < -0.39 is 18.2 Å². The summed E-state index contributed by atoms with van der Waals surface area (Å²) in [5.74, 6) is -1.66. The number of hydrogen-bond acceptors (Lipinski definition) is 4. The van der Waals surface area contributed by atoms with Crippen molar-refractivity contribution < 1.29 is 21.4 Å². The smallest absolute Gasteiger partial charge is 0.256 e. The lowest BCUT2D eigenvalue weighted by atomic mass is 9.97. The van der Waals surface area contributed by atoms with E-state index in [1.165, 1.54) is 21.7 Å². The summed E-state index contributed by atoms with van der Waals surface area (Å²) in [7, 11) is 1.61. The van der Waals surface area contributed by atoms with Crippen LogP contribution < -0.4 is 0 Å². The van der Waals surface area contributed by atoms with E-state index in [2.05, 4.69) is 10.1 Å². The number of fused-ring (bicyclic) bond motifs is 2. The molecule has 1 aliphatic rings. The van der Waals surface area contributed by atoms with Gasteiger partial charge in [0.25, 0.3) is 5.91 Å². The lowest BCUT2D eigenvalue weighted by Crippen LogP contribution is -2.24. The van der Waals surface area contributed by atoms with E-state index in [9.17, 15) is 9.90 Å². The Labute approximate surface area is 179 Å². The van der Waals surface area contributed by atoms with Crippen LogP contribution in [0.25, 0.3) is 22.0 Å². The molecule has 2 aromatic heterocycles. The molecule has 6 nitrogen and oxygen atoms in total. The molecule has 1 N–H and O–H groups in total. The second kappa shape index (κ2) is 7.24. The highest BCUT2D eigenvalue weighted by Crippen LogP contribution is 2.34. The van der Waals surface area contributed by atoms with Crippen LogP contribution in [0.2, 0.25) is 0 Å². The van der Waals surface area contributed by atoms with Crippen molar-refractivity contribution in [3.63, 3.8) is 0 Å². The van der Waals surface area contributed by atoms with E-state index in [-0.39, 0.29) is 41.2 Å². The first-order valence-corrected chi connectivity index (χ1v) is 9.54. The van der Waals surface area contributed by atoms with Gasteiger partial charge >= 0.3 is 0 Å². The van der Waals surface area contributed by atoms with Gasteiger partial charge in [0.15, 0.2) is 0 Å². The Morgan fingerprint density at radius 3 is 2.74 bits per heavy atom. The van der Waals surface area contributed by atoms with Crippen molar-refractivity contribution in [2.75, 3.05) is 0 Å². The van der Waals surface area contributed by atoms with E-state index in [1.54, 1.807) is 31.6 Å². The maximum Gasteiger partial charge on any atom is 0.256 e. The maximum absolute atomic E-state index is 15.2. The minimum atomic E-state index is -2.65. The van der Waals surface area contributed by atoms with Crippen molar-refractivity contribution in [1.29, 1.82) is 0 Å². The Balaban J connectivity index is 1.53. The summed E-state index contributed by atoms with van der Waals surface area (Å²) >= 11 is 0. The molecule has 156 valence electrons. The van der Waals surface area contributed by atoms with Gasteiger partial charge in [-0.1, -0.05) is 12.1 Å². The molecule has 1 amide bonds. The lowest BCUT2D eigenvalue weighted by Gasteiger charge is -2.17. The van der Waals surface area contributed by atoms with Crippen LogP contribution in [0.5, 0.6) is 0 Å². The van der Waals surface area contributed by atoms with E-state index in [4.69, 9.17) is 2.74 Å². The number of benzene rings is 2. The van der Waals surface area contributed by atoms with Gasteiger partial charge in [0, 0.05) is 48.1 Å². The van der Waals surface area contributed by atoms with Crippen LogP contribution in [0.15, 0.2) is 48.8 Å². The molecule has 3 heterocycles. The van der Waals surface area contributed by atoms with Crippen LogP contribution >= 0.6 is 0 Å². The van der Waals surface area contributed by atoms with Crippen molar-refractivity contribution >= 4 is 16.8 Å². The molecule has 4 aromatic rings. The van der Waals surface area contributed by atoms with Gasteiger partial charge in [-0.3, -0.25) is 14.5 Å². The molecule has 31 heavy (non-hydrogen) atoms. The summed E-state index contributed by atoms with van der Waals surface area (Å²) < 4.78 is 46.9. The van der Waals surface area contributed by atoms with Crippen molar-refractivity contribution in [2.24, 2.45) is 7.05 Å². The summed E-state index contributed by atoms with van der Waals surface area (Å²) in [6, 6.07) is 8.17. The summed E-state index contributed by atoms with van der Waals surface area (Å²) in [5.41, 5.74) is 1.45. The van der Waals surface area contributed by atoms with Gasteiger partial charge in [0.05, 0.1) is 32.6 Å². The lowest BCUT2D eigenvalue weighted by molar-refractivity contribution is 0.0764. The number of carbonyl (C=O) groups excluding carboxylic acids is 1. The molecule has 0 atom stereocenters. The van der Waals surface area contributed by atoms with Gasteiger partial charge in [0.2, 0.25) is 0 Å². The normalized spacial score (nSPS) is 14.7. The largest absolute Gasteiger partial charge is 0.392 e. The van der Waals surface area contributed by atoms with Gasteiger partial charge in [0.1, 0.15) is 11.6 Å². The Hall–Kier alpha value is -3.65. The monoisotopic (exact) mass is 422 g/mol. The predicted molar refractivity (Wildman–Crippen MR) is 110 cm³/mol. The molecule has 1 aliphatic heterocycles. The molecular formula is C23H18F2N4O2. The number of aryl methyl sites for hydroxylation is 1. The van der Waals surface area contributed by atoms with Gasteiger partial charge in [-0.25, -0.2) is 8.78 Å². The van der Waals surface area contributed by atoms with Crippen LogP contribution in [-0.4, -0.2) is 30.7 Å². The number of pyridine rings is 1. The molecule has 0 spiro atoms. The number of halogens is 2. The fourth-order valence-corrected chi connectivity index (χ4v) is 3.98. The first-order valence-electron chi connectivity index (χ1n) is 10.5. The minimum Gasteiger partial charge on any atom is -0.392 e. The summed E-state index contributed by atoms with van der Waals surface area (Å²) in [6.07, 6.45) is 3.13. The number of carbonyl (C=O) groups is 1. The molecule has 0 saturated heterocycles. The molecular weight excluding hydrogens is 402 g/mol. The molecule has 0 bridgehead atoms. The first-order chi connectivity index (χ1) is 15.6. The number of rotatable bonds is 4. The molecule has 5 rings (SSSR count). The zero-order valence-electron chi connectivity index (χ0n) is 18.4. The number of amides is 1. The zero-order chi connectivity index (χ0) is 23.5. The van der Waals surface area contributed by atoms with Crippen LogP contribution in [0.3, 0.4) is 0 Å². The highest BCUT2D eigenvalue weighted by Gasteiger charge is 2.29. The quantitative estimate of drug-likeness (QED) is 0.546. The van der Waals surface area contributed by atoms with E-state index in [0.717, 1.165) is 12.1 Å². The molecule has 0 aliphatic carbocycles. The van der Waals surface area contributed by atoms with Crippen LogP contribution in [0.4, 0.5) is 8.78 Å². The van der Waals surface area contributed by atoms with Gasteiger partial charge in [-0.15, -0.1) is 0 Å². The highest BCUT2D eigenvalue weighted by atomic mass is 19.1. The SMILES string of the molecule is [2H]C([2H])(O)c1ccc(-c2cc(F)c(CN3Cc4ncccc4C3=O)cc2F)c2cn(C)nc12. The molecule has 8 heteroatoms. The second-order valence-corrected chi connectivity index (χ2v) is 7.42. The molecule has 0 unspecified atom stereocenters. The Bertz CT molecular complexity index is 1430. The molecule has 2 aromatic carbocycles. The highest BCUT2D eigenvalue weighted by molar-refractivity contribution is 5.98. The third-order valence-corrected chi connectivity index (χ3v) is 5.45. The fourth-order valence-electron chi connectivity index (χ4n) is 3.98. The first kappa shape index (κ1) is 17.1. The van der Waals surface area contributed by atoms with E-state index in [1.807, 2.05) is 0 Å².